The second kappa shape index (κ2) is 14.2. The fraction of sp³-hybridized carbons (Fsp3) is 0.257. The van der Waals surface area contributed by atoms with E-state index in [-0.39, 0.29) is 13.0 Å². The molecule has 0 aliphatic rings. The van der Waals surface area contributed by atoms with E-state index in [9.17, 15) is 14.7 Å². The van der Waals surface area contributed by atoms with Crippen LogP contribution in [0, 0.1) is 20.8 Å². The van der Waals surface area contributed by atoms with E-state index in [1.165, 1.54) is 5.56 Å². The summed E-state index contributed by atoms with van der Waals surface area (Å²) in [5, 5.41) is 19.6. The maximum absolute atomic E-state index is 11.7. The summed E-state index contributed by atoms with van der Waals surface area (Å²) >= 11 is 0. The van der Waals surface area contributed by atoms with Crippen LogP contribution in [-0.2, 0) is 22.6 Å². The quantitative estimate of drug-likeness (QED) is 0.123. The number of ether oxygens (including phenoxy) is 2. The lowest BCUT2D eigenvalue weighted by molar-refractivity contribution is -0.138. The third-order valence-electron chi connectivity index (χ3n) is 7.13. The number of aromatic nitrogens is 1. The second-order valence-electron chi connectivity index (χ2n) is 10.3. The van der Waals surface area contributed by atoms with Crippen molar-refractivity contribution in [1.29, 1.82) is 0 Å². The third-order valence-corrected chi connectivity index (χ3v) is 7.13. The number of para-hydroxylation sites is 1. The summed E-state index contributed by atoms with van der Waals surface area (Å²) in [4.78, 5) is 22.7. The number of hydrogen-bond acceptors (Lipinski definition) is 4. The molecular weight excluding hydrogens is 530 g/mol. The normalized spacial score (nSPS) is 11.5. The lowest BCUT2D eigenvalue weighted by Crippen LogP contribution is -2.10. The summed E-state index contributed by atoms with van der Waals surface area (Å²) in [7, 11) is 0. The number of benzene rings is 3. The fourth-order valence-corrected chi connectivity index (χ4v) is 5.07. The molecule has 218 valence electrons. The Hall–Kier alpha value is -4.78. The Kier molecular flexibility index (Phi) is 10.2. The summed E-state index contributed by atoms with van der Waals surface area (Å²) < 4.78 is 13.4. The average molecular weight is 568 g/mol. The van der Waals surface area contributed by atoms with Gasteiger partial charge in [0.1, 0.15) is 31.3 Å². The Morgan fingerprint density at radius 1 is 0.857 bits per heavy atom. The molecule has 4 rings (SSSR count). The van der Waals surface area contributed by atoms with E-state index >= 15 is 0 Å². The summed E-state index contributed by atoms with van der Waals surface area (Å²) in [6.07, 6.45) is 8.98. The smallest absolute Gasteiger partial charge is 0.323 e. The highest BCUT2D eigenvalue weighted by Crippen LogP contribution is 2.31. The van der Waals surface area contributed by atoms with Gasteiger partial charge in [-0.25, -0.2) is 0 Å². The molecule has 0 unspecified atom stereocenters. The Morgan fingerprint density at radius 2 is 1.60 bits per heavy atom. The molecule has 0 aliphatic carbocycles. The van der Waals surface area contributed by atoms with Gasteiger partial charge in [-0.15, -0.1) is 0 Å². The Balaban J connectivity index is 1.40. The summed E-state index contributed by atoms with van der Waals surface area (Å²) in [5.74, 6) is -0.124. The molecule has 0 aliphatic heterocycles. The molecule has 0 amide bonds. The lowest BCUT2D eigenvalue weighted by atomic mass is 10.0. The van der Waals surface area contributed by atoms with Crippen LogP contribution < -0.4 is 9.47 Å². The second-order valence-corrected chi connectivity index (χ2v) is 10.3. The summed E-state index contributed by atoms with van der Waals surface area (Å²) in [6.45, 7) is 6.75. The average Bonchev–Trinajstić information content (AvgIpc) is 3.21. The molecule has 2 N–H and O–H groups in total. The van der Waals surface area contributed by atoms with E-state index < -0.39 is 11.9 Å². The van der Waals surface area contributed by atoms with Crippen LogP contribution in [-0.4, -0.2) is 39.9 Å². The molecule has 7 nitrogen and oxygen atoms in total. The zero-order valence-electron chi connectivity index (χ0n) is 24.3. The van der Waals surface area contributed by atoms with Gasteiger partial charge in [0.15, 0.2) is 0 Å². The van der Waals surface area contributed by atoms with Crippen LogP contribution in [0.4, 0.5) is 0 Å². The molecule has 42 heavy (non-hydrogen) atoms. The maximum Gasteiger partial charge on any atom is 0.323 e. The van der Waals surface area contributed by atoms with E-state index in [2.05, 4.69) is 13.0 Å². The van der Waals surface area contributed by atoms with Gasteiger partial charge in [-0.1, -0.05) is 60.2 Å². The van der Waals surface area contributed by atoms with Gasteiger partial charge in [-0.2, -0.15) is 0 Å². The number of carbonyl (C=O) groups is 2. The van der Waals surface area contributed by atoms with Crippen molar-refractivity contribution < 1.29 is 29.3 Å². The van der Waals surface area contributed by atoms with Crippen LogP contribution in [0.15, 0.2) is 72.8 Å². The Labute approximate surface area is 246 Å². The largest absolute Gasteiger partial charge is 0.490 e. The van der Waals surface area contributed by atoms with Gasteiger partial charge < -0.3 is 24.3 Å². The van der Waals surface area contributed by atoms with Gasteiger partial charge >= 0.3 is 11.9 Å². The highest BCUT2D eigenvalue weighted by molar-refractivity contribution is 5.95. The van der Waals surface area contributed by atoms with Crippen molar-refractivity contribution in [2.45, 2.75) is 46.6 Å². The molecule has 1 heterocycles. The van der Waals surface area contributed by atoms with E-state index in [0.29, 0.717) is 26.1 Å². The minimum absolute atomic E-state index is 0.0722. The van der Waals surface area contributed by atoms with Crippen LogP contribution in [0.3, 0.4) is 0 Å². The lowest BCUT2D eigenvalue weighted by Gasteiger charge is -2.08. The molecule has 3 aromatic carbocycles. The van der Waals surface area contributed by atoms with Crippen LogP contribution in [0.1, 0.15) is 46.4 Å². The molecule has 0 saturated heterocycles. The number of carboxylic acid groups (broad SMARTS) is 2. The molecule has 4 aromatic rings. The van der Waals surface area contributed by atoms with E-state index in [1.807, 2.05) is 97.3 Å². The highest BCUT2D eigenvalue weighted by Gasteiger charge is 2.18. The molecule has 0 spiro atoms. The van der Waals surface area contributed by atoms with Crippen molar-refractivity contribution in [3.05, 3.63) is 106 Å². The number of aryl methyl sites for hydroxylation is 3. The summed E-state index contributed by atoms with van der Waals surface area (Å²) in [5.41, 5.74) is 6.89. The van der Waals surface area contributed by atoms with Gasteiger partial charge in [-0.3, -0.25) is 9.59 Å². The number of rotatable bonds is 14. The fourth-order valence-electron chi connectivity index (χ4n) is 5.07. The van der Waals surface area contributed by atoms with Crippen LogP contribution >= 0.6 is 0 Å². The van der Waals surface area contributed by atoms with Gasteiger partial charge in [0.05, 0.1) is 5.52 Å². The van der Waals surface area contributed by atoms with Gasteiger partial charge in [0, 0.05) is 17.5 Å². The highest BCUT2D eigenvalue weighted by atomic mass is 16.5. The Morgan fingerprint density at radius 3 is 2.29 bits per heavy atom. The number of fused-ring (bicyclic) bond motifs is 1. The first kappa shape index (κ1) is 30.2. The van der Waals surface area contributed by atoms with E-state index in [1.54, 1.807) is 0 Å². The molecule has 0 saturated carbocycles. The molecule has 0 bridgehead atoms. The van der Waals surface area contributed by atoms with Crippen LogP contribution in [0.2, 0.25) is 0 Å². The number of nitrogens with zero attached hydrogens (tertiary/aromatic N) is 1. The number of hydrogen-bond donors (Lipinski definition) is 2. The first-order valence-electron chi connectivity index (χ1n) is 14.0. The summed E-state index contributed by atoms with van der Waals surface area (Å²) in [6, 6.07) is 19.8. The number of aliphatic carboxylic acids is 2. The van der Waals surface area contributed by atoms with Crippen molar-refractivity contribution in [3.8, 4) is 11.5 Å². The molecular formula is C35H37NO6. The standard InChI is InChI=1S/C35H37NO6/c1-24-12-19-32(25(2)22-24)42-21-5-4-20-41-29-17-14-27(15-18-29)13-16-28-8-6-10-31-30(9-7-11-33(37)38)26(3)36(35(28)31)23-34(39)40/h4-6,8,10,12-19,22H,7,9,11,20-21,23H2,1-3H3,(H,37,38)(H,39,40)/b5-4+,16-13+. The van der Waals surface area contributed by atoms with Gasteiger partial charge in [0.2, 0.25) is 0 Å². The zero-order chi connectivity index (χ0) is 30.1. The van der Waals surface area contributed by atoms with Crippen molar-refractivity contribution >= 4 is 35.0 Å². The Bertz CT molecular complexity index is 1610. The predicted octanol–water partition coefficient (Wildman–Crippen LogP) is 7.24. The van der Waals surface area contributed by atoms with E-state index in [4.69, 9.17) is 14.6 Å². The van der Waals surface area contributed by atoms with Crippen molar-refractivity contribution in [2.24, 2.45) is 0 Å². The van der Waals surface area contributed by atoms with Crippen molar-refractivity contribution in [3.63, 3.8) is 0 Å². The molecule has 0 fully saturated rings. The number of carboxylic acids is 2. The first-order valence-corrected chi connectivity index (χ1v) is 14.0. The van der Waals surface area contributed by atoms with Gasteiger partial charge in [-0.05, 0) is 86.2 Å². The topological polar surface area (TPSA) is 98.0 Å². The maximum atomic E-state index is 11.7. The van der Waals surface area contributed by atoms with Crippen molar-refractivity contribution in [2.75, 3.05) is 13.2 Å². The van der Waals surface area contributed by atoms with Gasteiger partial charge in [0.25, 0.3) is 0 Å². The van der Waals surface area contributed by atoms with Crippen LogP contribution in [0.5, 0.6) is 11.5 Å². The minimum atomic E-state index is -0.926. The van der Waals surface area contributed by atoms with Crippen LogP contribution in [0.25, 0.3) is 23.1 Å². The minimum Gasteiger partial charge on any atom is -0.490 e. The SMILES string of the molecule is Cc1ccc(OC/C=C/COc2ccc(/C=C/c3cccc4c(CCCC(=O)O)c(C)n(CC(=O)O)c34)cc2)c(C)c1. The predicted molar refractivity (Wildman–Crippen MR) is 166 cm³/mol. The molecule has 7 heteroatoms. The zero-order valence-corrected chi connectivity index (χ0v) is 24.3. The molecule has 1 aromatic heterocycles. The van der Waals surface area contributed by atoms with E-state index in [0.717, 1.165) is 50.3 Å². The third kappa shape index (κ3) is 7.91. The van der Waals surface area contributed by atoms with Crippen molar-refractivity contribution in [1.82, 2.24) is 4.57 Å². The monoisotopic (exact) mass is 567 g/mol. The first-order chi connectivity index (χ1) is 20.2. The molecule has 0 radical (unpaired) electrons. The molecule has 0 atom stereocenters.